The van der Waals surface area contributed by atoms with Crippen molar-refractivity contribution >= 4 is 79.0 Å². The van der Waals surface area contributed by atoms with Crippen LogP contribution in [-0.2, 0) is 34.4 Å². The Morgan fingerprint density at radius 3 is 2.51 bits per heavy atom. The van der Waals surface area contributed by atoms with Crippen LogP contribution in [0.4, 0.5) is 16.8 Å². The van der Waals surface area contributed by atoms with Crippen molar-refractivity contribution in [2.75, 3.05) is 48.3 Å². The van der Waals surface area contributed by atoms with E-state index in [0.717, 1.165) is 71.2 Å². The van der Waals surface area contributed by atoms with Crippen molar-refractivity contribution in [2.45, 2.75) is 64.3 Å². The Bertz CT molecular complexity index is 3160. The normalized spacial score (nSPS) is 16.5. The number of thiazole rings is 1. The van der Waals surface area contributed by atoms with Crippen molar-refractivity contribution in [3.8, 4) is 16.9 Å². The molecule has 4 amide bonds. The van der Waals surface area contributed by atoms with Gasteiger partial charge in [0.15, 0.2) is 16.5 Å². The number of fused-ring (bicyclic) bond motifs is 3. The quantitative estimate of drug-likeness (QED) is 0.0615. The maximum atomic E-state index is 13.6. The third-order valence-electron chi connectivity index (χ3n) is 13.7. The van der Waals surface area contributed by atoms with Gasteiger partial charge in [0.2, 0.25) is 17.7 Å². The van der Waals surface area contributed by atoms with E-state index < -0.39 is 11.9 Å². The van der Waals surface area contributed by atoms with Gasteiger partial charge in [0.25, 0.3) is 5.91 Å². The van der Waals surface area contributed by atoms with Gasteiger partial charge in [0, 0.05) is 43.1 Å². The van der Waals surface area contributed by atoms with Gasteiger partial charge in [-0.15, -0.1) is 0 Å². The topological polar surface area (TPSA) is 214 Å². The number of amides is 4. The molecule has 7 heterocycles. The number of anilines is 3. The van der Waals surface area contributed by atoms with Gasteiger partial charge < -0.3 is 20.1 Å². The highest BCUT2D eigenvalue weighted by Crippen LogP contribution is 2.36. The molecule has 17 nitrogen and oxygen atoms in total. The monoisotopic (exact) mass is 960 g/mol. The van der Waals surface area contributed by atoms with Crippen LogP contribution in [0.2, 0.25) is 0 Å². The molecule has 4 N–H and O–H groups in total. The number of rotatable bonds is 14. The van der Waals surface area contributed by atoms with Crippen molar-refractivity contribution in [1.82, 2.24) is 34.9 Å². The summed E-state index contributed by atoms with van der Waals surface area (Å²) < 4.78 is 8.90. The van der Waals surface area contributed by atoms with Crippen LogP contribution in [0, 0.1) is 12.8 Å². The van der Waals surface area contributed by atoms with E-state index in [1.807, 2.05) is 90.7 Å². The van der Waals surface area contributed by atoms with Crippen LogP contribution in [-0.4, -0.2) is 97.1 Å². The number of aromatic nitrogens is 5. The van der Waals surface area contributed by atoms with Crippen LogP contribution in [0.3, 0.4) is 0 Å². The first kappa shape index (κ1) is 46.2. The number of carbonyl (C=O) groups excluding carboxylic acids is 4. The van der Waals surface area contributed by atoms with Crippen LogP contribution in [0.1, 0.15) is 87.7 Å². The fourth-order valence-corrected chi connectivity index (χ4v) is 10.8. The average molecular weight is 961 g/mol. The van der Waals surface area contributed by atoms with Gasteiger partial charge in [0.05, 0.1) is 35.0 Å². The number of aryl methyl sites for hydroxylation is 1. The number of likely N-dealkylation sites (tertiary alicyclic amines) is 1. The molecular formula is C52H52N10O7S. The molecule has 2 saturated heterocycles. The third-order valence-corrected chi connectivity index (χ3v) is 14.6. The zero-order valence-electron chi connectivity index (χ0n) is 38.9. The molecule has 1 unspecified atom stereocenters. The van der Waals surface area contributed by atoms with Gasteiger partial charge >= 0.3 is 5.97 Å². The van der Waals surface area contributed by atoms with E-state index in [-0.39, 0.29) is 42.3 Å². The van der Waals surface area contributed by atoms with Crippen molar-refractivity contribution in [3.05, 3.63) is 119 Å². The minimum Gasteiger partial charge on any atom is -0.493 e. The lowest BCUT2D eigenvalue weighted by Crippen LogP contribution is -2.39. The second-order valence-corrected chi connectivity index (χ2v) is 19.2. The van der Waals surface area contributed by atoms with E-state index >= 15 is 0 Å². The van der Waals surface area contributed by atoms with E-state index in [1.54, 1.807) is 17.8 Å². The van der Waals surface area contributed by atoms with Crippen molar-refractivity contribution in [2.24, 2.45) is 13.0 Å². The number of piperidine rings is 2. The number of hydrogen-bond donors (Lipinski definition) is 4. The summed E-state index contributed by atoms with van der Waals surface area (Å²) in [6, 6.07) is 26.4. The molecule has 4 aromatic heterocycles. The standard InChI is InChI=1S/C52H52N10O7S/c1-30-33(34-16-19-43(56-47(34)51(67)68)62-26-23-32-9-5-11-35(38(32)28-62)49(65)58-52-53-39-12-3-4-14-41(39)70-52)10-6-13-40(30)69-27-7-8-31-21-24-61(25-22-31)29-45(64)54-42-18-15-36-46(59-60(2)48(36)55-42)37-17-20-44(63)57-50(37)66/h3-6,9-16,18-19,31,37H,7-8,17,20-29H2,1-2H3,(H,67,68)(H,53,58,65)(H,54,55,64)(H,57,63,66). The van der Waals surface area contributed by atoms with Crippen molar-refractivity contribution < 1.29 is 33.8 Å². The Morgan fingerprint density at radius 1 is 0.871 bits per heavy atom. The number of imide groups is 1. The minimum absolute atomic E-state index is 0.0563. The summed E-state index contributed by atoms with van der Waals surface area (Å²) in [6.07, 6.45) is 5.09. The molecule has 0 bridgehead atoms. The first-order valence-electron chi connectivity index (χ1n) is 23.6. The number of ether oxygens (including phenoxy) is 1. The first-order chi connectivity index (χ1) is 33.9. The molecule has 1 atom stereocenters. The minimum atomic E-state index is -1.13. The summed E-state index contributed by atoms with van der Waals surface area (Å²) in [5.41, 5.74) is 6.44. The Kier molecular flexibility index (Phi) is 13.1. The second-order valence-electron chi connectivity index (χ2n) is 18.2. The number of para-hydroxylation sites is 1. The lowest BCUT2D eigenvalue weighted by molar-refractivity contribution is -0.134. The largest absolute Gasteiger partial charge is 0.493 e. The third kappa shape index (κ3) is 9.69. The van der Waals surface area contributed by atoms with Crippen LogP contribution >= 0.6 is 11.3 Å². The molecule has 0 aliphatic carbocycles. The molecule has 358 valence electrons. The highest BCUT2D eigenvalue weighted by molar-refractivity contribution is 7.22. The molecule has 3 aromatic carbocycles. The molecule has 0 radical (unpaired) electrons. The first-order valence-corrected chi connectivity index (χ1v) is 24.5. The van der Waals surface area contributed by atoms with Crippen LogP contribution in [0.25, 0.3) is 32.4 Å². The fourth-order valence-electron chi connectivity index (χ4n) is 9.96. The zero-order chi connectivity index (χ0) is 48.5. The van der Waals surface area contributed by atoms with Gasteiger partial charge in [-0.1, -0.05) is 47.7 Å². The van der Waals surface area contributed by atoms with Gasteiger partial charge in [-0.05, 0) is 135 Å². The predicted octanol–water partition coefficient (Wildman–Crippen LogP) is 7.49. The fraction of sp³-hybridized carbons (Fsp3) is 0.327. The summed E-state index contributed by atoms with van der Waals surface area (Å²) in [5, 5.41) is 24.5. The molecule has 0 saturated carbocycles. The molecular weight excluding hydrogens is 909 g/mol. The molecule has 18 heteroatoms. The SMILES string of the molecule is Cc1c(OCCCC2CCN(CC(=O)Nc3ccc4c(C5CCC(=O)NC5=O)nn(C)c4n3)CC2)cccc1-c1ccc(N2CCc3cccc(C(=O)Nc4nc5ccccc5s4)c3C2)nc1C(=O)O. The summed E-state index contributed by atoms with van der Waals surface area (Å²) in [7, 11) is 1.74. The Morgan fingerprint density at radius 2 is 1.70 bits per heavy atom. The number of carboxylic acids is 1. The number of nitrogens with one attached hydrogen (secondary N) is 3. The van der Waals surface area contributed by atoms with Crippen LogP contribution in [0.15, 0.2) is 84.9 Å². The second kappa shape index (κ2) is 19.8. The Balaban J connectivity index is 0.709. The molecule has 70 heavy (non-hydrogen) atoms. The van der Waals surface area contributed by atoms with Gasteiger partial charge in [0.1, 0.15) is 17.4 Å². The highest BCUT2D eigenvalue weighted by atomic mass is 32.1. The summed E-state index contributed by atoms with van der Waals surface area (Å²) >= 11 is 1.42. The van der Waals surface area contributed by atoms with E-state index in [1.165, 1.54) is 11.3 Å². The molecule has 10 rings (SSSR count). The number of carboxylic acid groups (broad SMARTS) is 1. The molecule has 3 aliphatic heterocycles. The van der Waals surface area contributed by atoms with E-state index in [9.17, 15) is 29.1 Å². The summed E-state index contributed by atoms with van der Waals surface area (Å²) in [5.74, 6) is -0.580. The number of nitrogens with zero attached hydrogens (tertiary/aromatic N) is 7. The van der Waals surface area contributed by atoms with Crippen LogP contribution < -0.4 is 25.6 Å². The molecule has 0 spiro atoms. The van der Waals surface area contributed by atoms with E-state index in [2.05, 4.69) is 35.9 Å². The zero-order valence-corrected chi connectivity index (χ0v) is 39.7. The maximum Gasteiger partial charge on any atom is 0.355 e. The van der Waals surface area contributed by atoms with E-state index in [4.69, 9.17) is 9.72 Å². The van der Waals surface area contributed by atoms with Gasteiger partial charge in [-0.25, -0.2) is 19.7 Å². The number of aromatic carboxylic acids is 1. The number of benzene rings is 3. The molecule has 3 aliphatic rings. The number of carbonyl (C=O) groups is 5. The van der Waals surface area contributed by atoms with E-state index in [0.29, 0.717) is 88.8 Å². The van der Waals surface area contributed by atoms with Crippen molar-refractivity contribution in [1.29, 1.82) is 0 Å². The molecule has 2 fully saturated rings. The number of hydrogen-bond acceptors (Lipinski definition) is 13. The maximum absolute atomic E-state index is 13.6. The predicted molar refractivity (Wildman–Crippen MR) is 266 cm³/mol. The van der Waals surface area contributed by atoms with Crippen LogP contribution in [0.5, 0.6) is 5.75 Å². The summed E-state index contributed by atoms with van der Waals surface area (Å²) in [6.45, 7) is 5.31. The lowest BCUT2D eigenvalue weighted by atomic mass is 9.92. The van der Waals surface area contributed by atoms with Gasteiger partial charge in [-0.3, -0.25) is 39.4 Å². The highest BCUT2D eigenvalue weighted by Gasteiger charge is 2.32. The molecule has 7 aromatic rings. The van der Waals surface area contributed by atoms with Gasteiger partial charge in [-0.2, -0.15) is 5.10 Å². The number of pyridine rings is 2. The Hall–Kier alpha value is -7.57. The lowest BCUT2D eigenvalue weighted by Gasteiger charge is -2.31. The Labute approximate surface area is 407 Å². The summed E-state index contributed by atoms with van der Waals surface area (Å²) in [4.78, 5) is 81.8. The van der Waals surface area contributed by atoms with Crippen molar-refractivity contribution in [3.63, 3.8) is 0 Å². The smallest absolute Gasteiger partial charge is 0.355 e. The average Bonchev–Trinajstić information content (AvgIpc) is 3.92.